The number of benzene rings is 1. The summed E-state index contributed by atoms with van der Waals surface area (Å²) in [7, 11) is 0. The Bertz CT molecular complexity index is 1880. The van der Waals surface area contributed by atoms with E-state index < -0.39 is 41.6 Å². The first-order valence-corrected chi connectivity index (χ1v) is 19.4. The van der Waals surface area contributed by atoms with E-state index in [1.54, 1.807) is 32.0 Å². The Hall–Kier alpha value is -4.91. The molecule has 2 aromatic rings. The first kappa shape index (κ1) is 46.8. The number of piperidine rings is 1. The molecule has 59 heavy (non-hydrogen) atoms. The molecule has 1 unspecified atom stereocenters. The van der Waals surface area contributed by atoms with Gasteiger partial charge in [-0.25, -0.2) is 4.98 Å². The number of piperazine rings is 1. The van der Waals surface area contributed by atoms with Gasteiger partial charge in [-0.05, 0) is 69.6 Å². The molecule has 0 spiro atoms. The van der Waals surface area contributed by atoms with E-state index >= 15 is 0 Å². The lowest BCUT2D eigenvalue weighted by Crippen LogP contribution is -2.50. The number of alkyl halides is 6. The van der Waals surface area contributed by atoms with Crippen molar-refractivity contribution in [1.82, 2.24) is 25.0 Å². The number of β-amino-alcohol motifs (C(OH)–C–C–N with tert-alkyl or cyclic N) is 1. The predicted octanol–water partition coefficient (Wildman–Crippen LogP) is 5.39. The summed E-state index contributed by atoms with van der Waals surface area (Å²) in [6, 6.07) is 9.04. The van der Waals surface area contributed by atoms with Crippen LogP contribution in [0.2, 0.25) is 0 Å². The number of thiocarbonyl (C=S) groups is 1. The number of imide groups is 1. The fraction of sp³-hybridized carbons (Fsp3) is 0.553. The molecule has 3 saturated heterocycles. The monoisotopic (exact) mass is 861 g/mol. The number of pyridine rings is 1. The molecule has 6 rings (SSSR count). The van der Waals surface area contributed by atoms with Crippen molar-refractivity contribution in [3.05, 3.63) is 47.8 Å². The summed E-state index contributed by atoms with van der Waals surface area (Å²) in [5.41, 5.74) is -1.56. The largest absolute Gasteiger partial charge is 0.419 e. The van der Waals surface area contributed by atoms with Crippen LogP contribution in [-0.2, 0) is 25.4 Å². The molecule has 21 heteroatoms. The molecule has 0 radical (unpaired) electrons. The van der Waals surface area contributed by atoms with Crippen LogP contribution in [-0.4, -0.2) is 124 Å². The number of halogens is 6. The van der Waals surface area contributed by atoms with E-state index in [-0.39, 0.29) is 45.4 Å². The summed E-state index contributed by atoms with van der Waals surface area (Å²) in [6.45, 7) is 4.23. The van der Waals surface area contributed by atoms with E-state index in [2.05, 4.69) is 30.7 Å². The minimum atomic E-state index is -4.75. The van der Waals surface area contributed by atoms with Gasteiger partial charge in [-0.2, -0.15) is 31.6 Å². The molecule has 4 amide bonds. The highest BCUT2D eigenvalue weighted by Crippen LogP contribution is 2.40. The van der Waals surface area contributed by atoms with Crippen LogP contribution in [0, 0.1) is 11.3 Å². The molecular weight excluding hydrogens is 809 g/mol. The highest BCUT2D eigenvalue weighted by Gasteiger charge is 2.52. The maximum Gasteiger partial charge on any atom is 0.419 e. The van der Waals surface area contributed by atoms with Gasteiger partial charge in [0.2, 0.25) is 17.7 Å². The van der Waals surface area contributed by atoms with Crippen molar-refractivity contribution in [2.75, 3.05) is 61.4 Å². The topological polar surface area (TPSA) is 174 Å². The Kier molecular flexibility index (Phi) is 16.5. The Labute approximate surface area is 347 Å². The zero-order valence-electron chi connectivity index (χ0n) is 32.5. The van der Waals surface area contributed by atoms with Crippen LogP contribution in [0.15, 0.2) is 36.5 Å². The molecule has 0 bridgehead atoms. The summed E-state index contributed by atoms with van der Waals surface area (Å²) in [5.74, 6) is -1.06. The number of aliphatic hydroxyl groups excluding tert-OH is 1. The van der Waals surface area contributed by atoms with Crippen molar-refractivity contribution in [2.24, 2.45) is 0 Å². The summed E-state index contributed by atoms with van der Waals surface area (Å²) in [5, 5.41) is 26.4. The second-order valence-electron chi connectivity index (χ2n) is 14.7. The summed E-state index contributed by atoms with van der Waals surface area (Å²) >= 11 is 5.51. The SMILES string of the molecule is CC1(C)C(=O)N(c2cnc(C#N)c(C(F)(F)F)c2)C(=S)N1C1CCCCC1.FC(F)F.O=C1CCC(Nc2cccc(NC(=O)CN3CCN(CCO)CC3)c2)C(=O)N1.[HH].[HH].[HH]. The Balaban J connectivity index is 0.000000546. The molecular formula is C38H53F6N9O5S. The molecule has 4 fully saturated rings. The zero-order valence-corrected chi connectivity index (χ0v) is 33.4. The Morgan fingerprint density at radius 3 is 2.27 bits per heavy atom. The predicted molar refractivity (Wildman–Crippen MR) is 215 cm³/mol. The number of anilines is 3. The average molecular weight is 862 g/mol. The molecule has 1 saturated carbocycles. The number of hydrogen-bond acceptors (Lipinski definition) is 11. The third-order valence-corrected chi connectivity index (χ3v) is 10.6. The minimum absolute atomic E-state index is 0. The average Bonchev–Trinajstić information content (AvgIpc) is 3.35. The van der Waals surface area contributed by atoms with Gasteiger partial charge in [-0.1, -0.05) is 25.3 Å². The molecule has 3 aliphatic heterocycles. The fourth-order valence-electron chi connectivity index (χ4n) is 7.31. The maximum absolute atomic E-state index is 13.3. The van der Waals surface area contributed by atoms with E-state index in [0.717, 1.165) is 75.4 Å². The van der Waals surface area contributed by atoms with Gasteiger partial charge in [0.1, 0.15) is 17.6 Å². The Morgan fingerprint density at radius 2 is 1.68 bits per heavy atom. The van der Waals surface area contributed by atoms with Crippen LogP contribution in [0.5, 0.6) is 0 Å². The smallest absolute Gasteiger partial charge is 0.395 e. The van der Waals surface area contributed by atoms with Crippen LogP contribution < -0.4 is 20.9 Å². The normalized spacial score (nSPS) is 20.3. The van der Waals surface area contributed by atoms with Crippen molar-refractivity contribution < 1.29 is 54.9 Å². The summed E-state index contributed by atoms with van der Waals surface area (Å²) < 4.78 is 68.8. The first-order chi connectivity index (χ1) is 27.8. The molecule has 14 nitrogen and oxygen atoms in total. The molecule has 4 heterocycles. The number of nitrogens with zero attached hydrogens (tertiary/aromatic N) is 6. The lowest BCUT2D eigenvalue weighted by molar-refractivity contribution is -0.138. The van der Waals surface area contributed by atoms with Crippen molar-refractivity contribution in [3.63, 3.8) is 0 Å². The number of aliphatic hydroxyl groups is 1. The van der Waals surface area contributed by atoms with Gasteiger partial charge in [0.25, 0.3) is 5.91 Å². The highest BCUT2D eigenvalue weighted by atomic mass is 32.1. The number of rotatable bonds is 9. The van der Waals surface area contributed by atoms with Crippen molar-refractivity contribution in [2.45, 2.75) is 89.3 Å². The third-order valence-electron chi connectivity index (χ3n) is 10.2. The lowest BCUT2D eigenvalue weighted by atomic mass is 9.91. The molecule has 4 N–H and O–H groups in total. The number of nitriles is 1. The Morgan fingerprint density at radius 1 is 1.05 bits per heavy atom. The van der Waals surface area contributed by atoms with Gasteiger partial charge in [0.05, 0.1) is 30.6 Å². The summed E-state index contributed by atoms with van der Waals surface area (Å²) in [4.78, 5) is 59.3. The zero-order chi connectivity index (χ0) is 43.5. The van der Waals surface area contributed by atoms with Crippen molar-refractivity contribution >= 4 is 58.0 Å². The molecule has 1 aliphatic carbocycles. The van der Waals surface area contributed by atoms with Gasteiger partial charge in [0.15, 0.2) is 10.8 Å². The number of carbonyl (C=O) groups excluding carboxylic acids is 4. The van der Waals surface area contributed by atoms with Gasteiger partial charge in [-0.15, -0.1) is 0 Å². The number of hydrogen-bond donors (Lipinski definition) is 4. The van der Waals surface area contributed by atoms with Crippen molar-refractivity contribution in [3.8, 4) is 6.07 Å². The van der Waals surface area contributed by atoms with Crippen LogP contribution in [0.4, 0.5) is 43.4 Å². The standard InChI is InChI=1S/C19H27N5O4.C18H19F3N4OS.CHF3.3H2/c25-11-10-23-6-8-24(9-7-23)13-18(27)21-15-3-1-2-14(12-15)20-16-4-5-17(26)22-19(16)28;1-17(2)15(26)24(16(27)25(17)11-6-4-3-5-7-11)12-8-13(18(19,20)21)14(9-22)23-10-12;2-1(3)4;;;/h1-3,12,16,20,25H,4-11,13H2,(H,21,27)(H,22,26,28);8,10-11H,3-7H2,1-2H3;1H;3*1H. The van der Waals surface area contributed by atoms with Gasteiger partial charge >= 0.3 is 12.9 Å². The van der Waals surface area contributed by atoms with E-state index in [1.807, 2.05) is 11.0 Å². The van der Waals surface area contributed by atoms with E-state index in [4.69, 9.17) is 22.6 Å². The van der Waals surface area contributed by atoms with E-state index in [1.165, 1.54) is 6.07 Å². The molecule has 4 aliphatic rings. The van der Waals surface area contributed by atoms with Gasteiger partial charge in [0, 0.05) is 60.8 Å². The quantitative estimate of drug-likeness (QED) is 0.144. The van der Waals surface area contributed by atoms with Gasteiger partial charge in [-0.3, -0.25) is 39.2 Å². The molecule has 1 atom stereocenters. The number of aromatic nitrogens is 1. The number of nitrogens with one attached hydrogen (secondary N) is 3. The first-order valence-electron chi connectivity index (χ1n) is 19.0. The molecule has 1 aromatic carbocycles. The van der Waals surface area contributed by atoms with Crippen LogP contribution in [0.3, 0.4) is 0 Å². The highest BCUT2D eigenvalue weighted by molar-refractivity contribution is 7.80. The second-order valence-corrected chi connectivity index (χ2v) is 15.1. The fourth-order valence-corrected chi connectivity index (χ4v) is 7.87. The third kappa shape index (κ3) is 12.8. The lowest BCUT2D eigenvalue weighted by Gasteiger charge is -2.39. The van der Waals surface area contributed by atoms with E-state index in [0.29, 0.717) is 37.3 Å². The van der Waals surface area contributed by atoms with Crippen molar-refractivity contribution in [1.29, 1.82) is 5.26 Å². The van der Waals surface area contributed by atoms with E-state index in [9.17, 15) is 45.5 Å². The minimum Gasteiger partial charge on any atom is -0.395 e. The molecule has 328 valence electrons. The van der Waals surface area contributed by atoms with Crippen LogP contribution in [0.1, 0.15) is 74.3 Å². The van der Waals surface area contributed by atoms with Gasteiger partial charge < -0.3 is 20.6 Å². The van der Waals surface area contributed by atoms with Crippen LogP contribution in [0.25, 0.3) is 0 Å². The number of amides is 4. The second kappa shape index (κ2) is 20.9. The molecule has 1 aromatic heterocycles. The maximum atomic E-state index is 13.3. The number of carbonyl (C=O) groups is 4. The van der Waals surface area contributed by atoms with Crippen LogP contribution >= 0.6 is 12.2 Å². The summed E-state index contributed by atoms with van der Waals surface area (Å²) in [6.07, 6.45) is 2.08.